The van der Waals surface area contributed by atoms with Crippen LogP contribution in [0.15, 0.2) is 47.5 Å². The Hall–Kier alpha value is -3.08. The normalized spacial score (nSPS) is 11.7. The van der Waals surface area contributed by atoms with Gasteiger partial charge in [0.1, 0.15) is 17.0 Å². The highest BCUT2D eigenvalue weighted by Gasteiger charge is 2.01. The average Bonchev–Trinajstić information content (AvgIpc) is 2.85. The lowest BCUT2D eigenvalue weighted by Gasteiger charge is -1.98. The van der Waals surface area contributed by atoms with E-state index in [1.165, 1.54) is 6.08 Å². The number of hydrogen-bond acceptors (Lipinski definition) is 4. The average molecular weight is 295 g/mol. The standard InChI is InChI=1S/C17H17N3O2/c1-3-4-14-9-15(22-12(14)2)11-20-17(21)8-6-13-5-7-16(18)19-10-13/h3-10H,1-2,11H2,(H2,18,19)(H,20,21)/b8-6+,14-4-. The topological polar surface area (TPSA) is 81.2 Å². The number of carbonyl (C=O) groups excluding carboxylic acids is 1. The molecule has 0 saturated heterocycles. The minimum Gasteiger partial charge on any atom is -0.460 e. The first kappa shape index (κ1) is 15.3. The van der Waals surface area contributed by atoms with E-state index >= 15 is 0 Å². The molecular formula is C17H17N3O2. The number of rotatable bonds is 5. The largest absolute Gasteiger partial charge is 0.460 e. The summed E-state index contributed by atoms with van der Waals surface area (Å²) in [5.74, 6) is 0.845. The fourth-order valence-corrected chi connectivity index (χ4v) is 1.78. The van der Waals surface area contributed by atoms with E-state index in [9.17, 15) is 4.79 Å². The molecular weight excluding hydrogens is 278 g/mol. The molecule has 1 amide bonds. The molecule has 22 heavy (non-hydrogen) atoms. The quantitative estimate of drug-likeness (QED) is 0.805. The summed E-state index contributed by atoms with van der Waals surface area (Å²) < 4.78 is 5.44. The second kappa shape index (κ2) is 7.08. The van der Waals surface area contributed by atoms with Crippen LogP contribution < -0.4 is 21.7 Å². The van der Waals surface area contributed by atoms with Crippen molar-refractivity contribution < 1.29 is 9.21 Å². The zero-order valence-electron chi connectivity index (χ0n) is 12.1. The van der Waals surface area contributed by atoms with Gasteiger partial charge in [0.15, 0.2) is 0 Å². The molecule has 0 unspecified atom stereocenters. The van der Waals surface area contributed by atoms with Gasteiger partial charge in [0.05, 0.1) is 6.54 Å². The van der Waals surface area contributed by atoms with Crippen LogP contribution in [0.5, 0.6) is 0 Å². The third kappa shape index (κ3) is 4.21. The number of carbonyl (C=O) groups is 1. The smallest absolute Gasteiger partial charge is 0.244 e. The van der Waals surface area contributed by atoms with Gasteiger partial charge in [-0.1, -0.05) is 25.3 Å². The Morgan fingerprint density at radius 3 is 2.95 bits per heavy atom. The van der Waals surface area contributed by atoms with Crippen molar-refractivity contribution in [3.63, 3.8) is 0 Å². The number of nitrogens with zero attached hydrogens (tertiary/aromatic N) is 1. The molecule has 0 spiro atoms. The molecule has 0 fully saturated rings. The van der Waals surface area contributed by atoms with Gasteiger partial charge >= 0.3 is 0 Å². The first-order chi connectivity index (χ1) is 10.6. The van der Waals surface area contributed by atoms with E-state index in [1.54, 1.807) is 36.6 Å². The van der Waals surface area contributed by atoms with Gasteiger partial charge in [0.2, 0.25) is 5.91 Å². The molecule has 0 atom stereocenters. The van der Waals surface area contributed by atoms with Crippen LogP contribution >= 0.6 is 0 Å². The molecule has 2 heterocycles. The van der Waals surface area contributed by atoms with Crippen LogP contribution in [0.3, 0.4) is 0 Å². The Kier molecular flexibility index (Phi) is 4.93. The zero-order valence-corrected chi connectivity index (χ0v) is 12.1. The number of allylic oxidation sites excluding steroid dienone is 1. The van der Waals surface area contributed by atoms with Crippen molar-refractivity contribution in [3.05, 3.63) is 65.1 Å². The maximum absolute atomic E-state index is 11.7. The summed E-state index contributed by atoms with van der Waals surface area (Å²) >= 11 is 0. The summed E-state index contributed by atoms with van der Waals surface area (Å²) in [6.45, 7) is 7.69. The monoisotopic (exact) mass is 295 g/mol. The second-order valence-corrected chi connectivity index (χ2v) is 4.56. The van der Waals surface area contributed by atoms with Crippen molar-refractivity contribution >= 4 is 30.5 Å². The van der Waals surface area contributed by atoms with Gasteiger partial charge in [0, 0.05) is 17.5 Å². The third-order valence-corrected chi connectivity index (χ3v) is 2.86. The zero-order chi connectivity index (χ0) is 15.9. The van der Waals surface area contributed by atoms with Crippen molar-refractivity contribution in [1.82, 2.24) is 10.3 Å². The van der Waals surface area contributed by atoms with Gasteiger partial charge in [-0.2, -0.15) is 0 Å². The molecule has 0 bridgehead atoms. The second-order valence-electron chi connectivity index (χ2n) is 4.56. The van der Waals surface area contributed by atoms with Gasteiger partial charge in [-0.25, -0.2) is 4.98 Å². The summed E-state index contributed by atoms with van der Waals surface area (Å²) in [5, 5.41) is 3.58. The van der Waals surface area contributed by atoms with Crippen molar-refractivity contribution in [2.45, 2.75) is 6.54 Å². The first-order valence-corrected chi connectivity index (χ1v) is 6.66. The van der Waals surface area contributed by atoms with Crippen LogP contribution in [0.4, 0.5) is 5.82 Å². The highest BCUT2D eigenvalue weighted by atomic mass is 16.3. The number of nitrogen functional groups attached to an aromatic ring is 1. The minimum absolute atomic E-state index is 0.229. The SMILES string of the molecule is C=C/C=c1/cc(CNC(=O)/C=C/c2ccc(N)nc2)oc1=C. The Balaban J connectivity index is 1.94. The summed E-state index contributed by atoms with van der Waals surface area (Å²) in [6, 6.07) is 5.27. The Bertz CT molecular complexity index is 801. The van der Waals surface area contributed by atoms with Crippen molar-refractivity contribution in [1.29, 1.82) is 0 Å². The van der Waals surface area contributed by atoms with E-state index in [0.717, 1.165) is 10.8 Å². The highest BCUT2D eigenvalue weighted by Crippen LogP contribution is 2.03. The maximum Gasteiger partial charge on any atom is 0.244 e. The molecule has 0 aromatic carbocycles. The van der Waals surface area contributed by atoms with Crippen LogP contribution in [0.25, 0.3) is 18.7 Å². The van der Waals surface area contributed by atoms with Crippen LogP contribution in [0.1, 0.15) is 11.3 Å². The molecule has 112 valence electrons. The van der Waals surface area contributed by atoms with E-state index in [1.807, 2.05) is 6.07 Å². The summed E-state index contributed by atoms with van der Waals surface area (Å²) in [7, 11) is 0. The maximum atomic E-state index is 11.7. The van der Waals surface area contributed by atoms with Crippen molar-refractivity contribution in [2.75, 3.05) is 5.73 Å². The number of nitrogens with two attached hydrogens (primary N) is 1. The molecule has 0 saturated carbocycles. The summed E-state index contributed by atoms with van der Waals surface area (Å²) in [5.41, 5.74) is 6.84. The lowest BCUT2D eigenvalue weighted by molar-refractivity contribution is -0.116. The minimum atomic E-state index is -0.229. The number of aromatic nitrogens is 1. The van der Waals surface area contributed by atoms with Crippen LogP contribution in [-0.4, -0.2) is 10.9 Å². The Labute approximate surface area is 128 Å². The number of hydrogen-bond donors (Lipinski definition) is 2. The van der Waals surface area contributed by atoms with Crippen molar-refractivity contribution in [3.8, 4) is 0 Å². The molecule has 5 nitrogen and oxygen atoms in total. The van der Waals surface area contributed by atoms with Gasteiger partial charge in [-0.3, -0.25) is 4.79 Å². The molecule has 0 radical (unpaired) electrons. The third-order valence-electron chi connectivity index (χ3n) is 2.86. The molecule has 2 aromatic heterocycles. The number of anilines is 1. The number of furan rings is 1. The number of nitrogens with one attached hydrogen (secondary N) is 1. The molecule has 0 aliphatic rings. The Morgan fingerprint density at radius 1 is 1.45 bits per heavy atom. The van der Waals surface area contributed by atoms with E-state index < -0.39 is 0 Å². The number of pyridine rings is 1. The molecule has 5 heteroatoms. The summed E-state index contributed by atoms with van der Waals surface area (Å²) in [4.78, 5) is 15.7. The fourth-order valence-electron chi connectivity index (χ4n) is 1.78. The number of amides is 1. The molecule has 2 rings (SSSR count). The van der Waals surface area contributed by atoms with Crippen LogP contribution in [-0.2, 0) is 11.3 Å². The van der Waals surface area contributed by atoms with Crippen LogP contribution in [0.2, 0.25) is 0 Å². The fraction of sp³-hybridized carbons (Fsp3) is 0.0588. The van der Waals surface area contributed by atoms with E-state index in [4.69, 9.17) is 10.2 Å². The van der Waals surface area contributed by atoms with Gasteiger partial charge < -0.3 is 15.5 Å². The van der Waals surface area contributed by atoms with Gasteiger partial charge in [0.25, 0.3) is 0 Å². The van der Waals surface area contributed by atoms with Crippen LogP contribution in [0, 0.1) is 0 Å². The predicted octanol–water partition coefficient (Wildman–Crippen LogP) is 0.963. The lowest BCUT2D eigenvalue weighted by atomic mass is 10.2. The molecule has 2 aromatic rings. The highest BCUT2D eigenvalue weighted by molar-refractivity contribution is 5.91. The molecule has 3 N–H and O–H groups in total. The van der Waals surface area contributed by atoms with Gasteiger partial charge in [-0.05, 0) is 29.8 Å². The van der Waals surface area contributed by atoms with Gasteiger partial charge in [-0.15, -0.1) is 0 Å². The van der Waals surface area contributed by atoms with E-state index in [-0.39, 0.29) is 12.5 Å². The molecule has 0 aliphatic heterocycles. The Morgan fingerprint density at radius 2 is 2.27 bits per heavy atom. The lowest BCUT2D eigenvalue weighted by Crippen LogP contribution is -2.19. The van der Waals surface area contributed by atoms with Crippen molar-refractivity contribution in [2.24, 2.45) is 0 Å². The summed E-state index contributed by atoms with van der Waals surface area (Å²) in [6.07, 6.45) is 8.14. The van der Waals surface area contributed by atoms with E-state index in [2.05, 4.69) is 23.5 Å². The molecule has 0 aliphatic carbocycles. The predicted molar refractivity (Wildman–Crippen MR) is 87.7 cm³/mol. The first-order valence-electron chi connectivity index (χ1n) is 6.66. The van der Waals surface area contributed by atoms with E-state index in [0.29, 0.717) is 17.0 Å².